The van der Waals surface area contributed by atoms with Crippen LogP contribution in [0, 0.1) is 0 Å². The van der Waals surface area contributed by atoms with Crippen LogP contribution in [0.15, 0.2) is 54.6 Å². The molecule has 0 aliphatic carbocycles. The lowest BCUT2D eigenvalue weighted by Gasteiger charge is -2.09. The van der Waals surface area contributed by atoms with E-state index in [1.165, 1.54) is 0 Å². The molecule has 0 saturated heterocycles. The Kier molecular flexibility index (Phi) is 24.8. The van der Waals surface area contributed by atoms with Crippen molar-refractivity contribution in [2.24, 2.45) is 0 Å². The molecule has 1 amide bonds. The third-order valence-electron chi connectivity index (χ3n) is 5.85. The second-order valence-corrected chi connectivity index (χ2v) is 9.42. The number of carbonyl (C=O) groups excluding carboxylic acids is 2. The molecule has 0 bridgehead atoms. The maximum Gasteiger partial charge on any atom is 0.407 e. The highest BCUT2D eigenvalue weighted by atomic mass is 16.6. The van der Waals surface area contributed by atoms with E-state index in [-0.39, 0.29) is 6.61 Å². The van der Waals surface area contributed by atoms with Crippen molar-refractivity contribution < 1.29 is 57.0 Å². The van der Waals surface area contributed by atoms with Gasteiger partial charge in [-0.2, -0.15) is 0 Å². The summed E-state index contributed by atoms with van der Waals surface area (Å²) in [6, 6.07) is 16.4. The maximum atomic E-state index is 11.6. The monoisotopic (exact) mass is 651 g/mol. The summed E-state index contributed by atoms with van der Waals surface area (Å²) in [5.74, 6) is 0.700. The quantitative estimate of drug-likeness (QED) is 0.0948. The van der Waals surface area contributed by atoms with Crippen molar-refractivity contribution in [1.29, 1.82) is 0 Å². The van der Waals surface area contributed by atoms with Gasteiger partial charge in [0.25, 0.3) is 0 Å². The summed E-state index contributed by atoms with van der Waals surface area (Å²) in [6.45, 7) is 8.49. The van der Waals surface area contributed by atoms with Gasteiger partial charge in [-0.05, 0) is 29.8 Å². The third-order valence-corrected chi connectivity index (χ3v) is 5.85. The zero-order valence-electron chi connectivity index (χ0n) is 26.6. The molecular formula is C33H49NO12. The number of alkyl carbamates (subject to hydrolysis) is 1. The molecule has 0 aromatic heterocycles. The largest absolute Gasteiger partial charge is 0.491 e. The van der Waals surface area contributed by atoms with Gasteiger partial charge in [0.15, 0.2) is 0 Å². The Morgan fingerprint density at radius 1 is 0.522 bits per heavy atom. The molecule has 0 aliphatic rings. The lowest BCUT2D eigenvalue weighted by atomic mass is 10.2. The van der Waals surface area contributed by atoms with Crippen LogP contribution in [0.4, 0.5) is 4.79 Å². The van der Waals surface area contributed by atoms with Gasteiger partial charge in [-0.1, -0.05) is 30.3 Å². The molecule has 2 aromatic carbocycles. The second-order valence-electron chi connectivity index (χ2n) is 9.42. The van der Waals surface area contributed by atoms with E-state index < -0.39 is 6.09 Å². The number of nitrogens with one attached hydrogen (secondary N) is 1. The average molecular weight is 652 g/mol. The minimum Gasteiger partial charge on any atom is -0.491 e. The molecule has 0 heterocycles. The van der Waals surface area contributed by atoms with E-state index in [0.717, 1.165) is 11.8 Å². The molecule has 0 saturated carbocycles. The van der Waals surface area contributed by atoms with Gasteiger partial charge in [0.2, 0.25) is 0 Å². The molecular weight excluding hydrogens is 602 g/mol. The Bertz CT molecular complexity index is 980. The molecule has 0 unspecified atom stereocenters. The number of ether oxygens (including phenoxy) is 10. The van der Waals surface area contributed by atoms with E-state index in [4.69, 9.17) is 47.4 Å². The van der Waals surface area contributed by atoms with Gasteiger partial charge < -0.3 is 52.7 Å². The highest BCUT2D eigenvalue weighted by Crippen LogP contribution is 2.10. The zero-order chi connectivity index (χ0) is 32.6. The predicted octanol–water partition coefficient (Wildman–Crippen LogP) is 2.94. The van der Waals surface area contributed by atoms with Gasteiger partial charge >= 0.3 is 6.09 Å². The third kappa shape index (κ3) is 23.2. The van der Waals surface area contributed by atoms with Crippen molar-refractivity contribution >= 4 is 12.4 Å². The van der Waals surface area contributed by atoms with Gasteiger partial charge in [-0.15, -0.1) is 0 Å². The first kappa shape index (κ1) is 39.0. The van der Waals surface area contributed by atoms with Crippen molar-refractivity contribution in [2.45, 2.75) is 6.61 Å². The minimum absolute atomic E-state index is 0.236. The molecule has 0 fully saturated rings. The summed E-state index contributed by atoms with van der Waals surface area (Å²) in [5.41, 5.74) is 1.55. The Balaban J connectivity index is 1.17. The first-order chi connectivity index (χ1) is 22.8. The summed E-state index contributed by atoms with van der Waals surface area (Å²) < 4.78 is 54.3. The molecule has 1 N–H and O–H groups in total. The van der Waals surface area contributed by atoms with Crippen LogP contribution in [0.25, 0.3) is 0 Å². The molecule has 258 valence electrons. The van der Waals surface area contributed by atoms with Crippen LogP contribution in [-0.4, -0.2) is 131 Å². The SMILES string of the molecule is O=Cc1ccc(OCCOCCOCCOCCOCCOCCOCCOCCOCCNC(=O)OCc2ccccc2)cc1. The van der Waals surface area contributed by atoms with Crippen LogP contribution in [-0.2, 0) is 49.2 Å². The normalized spacial score (nSPS) is 11.0. The number of aldehydes is 1. The molecule has 2 rings (SSSR count). The Hall–Kier alpha value is -3.14. The molecule has 0 radical (unpaired) electrons. The van der Waals surface area contributed by atoms with Crippen LogP contribution < -0.4 is 10.1 Å². The van der Waals surface area contributed by atoms with E-state index >= 15 is 0 Å². The molecule has 2 aromatic rings. The number of hydrogen-bond acceptors (Lipinski definition) is 12. The Morgan fingerprint density at radius 2 is 0.935 bits per heavy atom. The minimum atomic E-state index is -0.472. The van der Waals surface area contributed by atoms with Crippen molar-refractivity contribution in [2.75, 3.05) is 119 Å². The zero-order valence-corrected chi connectivity index (χ0v) is 26.6. The van der Waals surface area contributed by atoms with Crippen LogP contribution in [0.5, 0.6) is 5.75 Å². The fourth-order valence-corrected chi connectivity index (χ4v) is 3.50. The van der Waals surface area contributed by atoms with E-state index in [9.17, 15) is 9.59 Å². The van der Waals surface area contributed by atoms with Gasteiger partial charge in [-0.3, -0.25) is 4.79 Å². The fourth-order valence-electron chi connectivity index (χ4n) is 3.50. The summed E-state index contributed by atoms with van der Waals surface area (Å²) in [7, 11) is 0. The van der Waals surface area contributed by atoms with Gasteiger partial charge in [-0.25, -0.2) is 4.79 Å². The Morgan fingerprint density at radius 3 is 1.37 bits per heavy atom. The van der Waals surface area contributed by atoms with Crippen LogP contribution in [0.2, 0.25) is 0 Å². The smallest absolute Gasteiger partial charge is 0.407 e. The van der Waals surface area contributed by atoms with Crippen molar-refractivity contribution in [1.82, 2.24) is 5.32 Å². The van der Waals surface area contributed by atoms with E-state index in [2.05, 4.69) is 5.32 Å². The van der Waals surface area contributed by atoms with E-state index in [0.29, 0.717) is 130 Å². The van der Waals surface area contributed by atoms with Gasteiger partial charge in [0.05, 0.1) is 106 Å². The first-order valence-corrected chi connectivity index (χ1v) is 15.5. The highest BCUT2D eigenvalue weighted by molar-refractivity contribution is 5.74. The number of carbonyl (C=O) groups is 2. The summed E-state index contributed by atoms with van der Waals surface area (Å²) in [4.78, 5) is 22.3. The van der Waals surface area contributed by atoms with Gasteiger partial charge in [0.1, 0.15) is 25.2 Å². The summed E-state index contributed by atoms with van der Waals surface area (Å²) >= 11 is 0. The van der Waals surface area contributed by atoms with Crippen LogP contribution >= 0.6 is 0 Å². The van der Waals surface area contributed by atoms with E-state index in [1.807, 2.05) is 30.3 Å². The number of hydrogen-bond donors (Lipinski definition) is 1. The fraction of sp³-hybridized carbons (Fsp3) is 0.576. The highest BCUT2D eigenvalue weighted by Gasteiger charge is 2.02. The molecule has 0 spiro atoms. The molecule has 13 nitrogen and oxygen atoms in total. The van der Waals surface area contributed by atoms with Crippen molar-refractivity contribution in [3.8, 4) is 5.75 Å². The van der Waals surface area contributed by atoms with Crippen molar-refractivity contribution in [3.63, 3.8) is 0 Å². The lowest BCUT2D eigenvalue weighted by Crippen LogP contribution is -2.28. The first-order valence-electron chi connectivity index (χ1n) is 15.5. The molecule has 46 heavy (non-hydrogen) atoms. The molecule has 0 atom stereocenters. The number of benzene rings is 2. The second kappa shape index (κ2) is 29.3. The standard InChI is InChI=1S/C33H49NO12/c35-28-30-6-8-32(9-7-30)45-27-26-44-25-24-43-23-22-42-21-20-41-19-18-40-17-16-39-15-14-38-13-12-37-11-10-34-33(36)46-29-31-4-2-1-3-5-31/h1-9,28H,10-27,29H2,(H,34,36). The van der Waals surface area contributed by atoms with Crippen molar-refractivity contribution in [3.05, 3.63) is 65.7 Å². The average Bonchev–Trinajstić information content (AvgIpc) is 3.09. The number of amides is 1. The molecule has 13 heteroatoms. The Labute approximate surface area is 271 Å². The summed E-state index contributed by atoms with van der Waals surface area (Å²) in [5, 5.41) is 2.64. The van der Waals surface area contributed by atoms with Crippen LogP contribution in [0.3, 0.4) is 0 Å². The van der Waals surface area contributed by atoms with Gasteiger partial charge in [0, 0.05) is 12.1 Å². The van der Waals surface area contributed by atoms with E-state index in [1.54, 1.807) is 24.3 Å². The maximum absolute atomic E-state index is 11.6. The number of rotatable bonds is 31. The van der Waals surface area contributed by atoms with Crippen LogP contribution in [0.1, 0.15) is 15.9 Å². The predicted molar refractivity (Wildman–Crippen MR) is 169 cm³/mol. The molecule has 0 aliphatic heterocycles. The lowest BCUT2D eigenvalue weighted by molar-refractivity contribution is -0.0235. The topological polar surface area (TPSA) is 138 Å². The summed E-state index contributed by atoms with van der Waals surface area (Å²) in [6.07, 6.45) is 0.323.